The summed E-state index contributed by atoms with van der Waals surface area (Å²) in [6.07, 6.45) is -3.23. The number of anilines is 2. The fourth-order valence-electron chi connectivity index (χ4n) is 2.61. The van der Waals surface area contributed by atoms with Crippen molar-refractivity contribution in [1.29, 1.82) is 0 Å². The average molecular weight is 480 g/mol. The van der Waals surface area contributed by atoms with Crippen LogP contribution in [0.25, 0.3) is 0 Å². The summed E-state index contributed by atoms with van der Waals surface area (Å²) in [7, 11) is 1.48. The molecule has 4 N–H and O–H groups in total. The number of hydrogen-bond acceptors (Lipinski definition) is 5. The number of benzene rings is 2. The lowest BCUT2D eigenvalue weighted by atomic mass is 10.2. The molecule has 0 unspecified atom stereocenters. The second-order valence-corrected chi connectivity index (χ2v) is 6.89. The Morgan fingerprint density at radius 1 is 1.00 bits per heavy atom. The van der Waals surface area contributed by atoms with Crippen molar-refractivity contribution in [2.45, 2.75) is 6.18 Å². The molecule has 0 aliphatic carbocycles. The van der Waals surface area contributed by atoms with Crippen molar-refractivity contribution < 1.29 is 27.5 Å². The lowest BCUT2D eigenvalue weighted by Crippen LogP contribution is -2.33. The van der Waals surface area contributed by atoms with E-state index in [4.69, 9.17) is 16.3 Å². The number of nitrogens with one attached hydrogen (secondary N) is 4. The first-order chi connectivity index (χ1) is 15.7. The van der Waals surface area contributed by atoms with Gasteiger partial charge in [-0.25, -0.2) is 4.79 Å². The Morgan fingerprint density at radius 2 is 1.76 bits per heavy atom. The van der Waals surface area contributed by atoms with Crippen molar-refractivity contribution >= 4 is 34.9 Å². The van der Waals surface area contributed by atoms with Gasteiger partial charge >= 0.3 is 12.2 Å². The molecule has 8 nitrogen and oxygen atoms in total. The molecule has 172 valence electrons. The number of carbonyl (C=O) groups excluding carboxylic acids is 2. The predicted molar refractivity (Wildman–Crippen MR) is 116 cm³/mol. The van der Waals surface area contributed by atoms with Crippen LogP contribution < -0.4 is 26.2 Å². The van der Waals surface area contributed by atoms with Crippen LogP contribution in [0.2, 0.25) is 5.02 Å². The van der Waals surface area contributed by atoms with Gasteiger partial charge in [0.1, 0.15) is 17.2 Å². The number of pyridine rings is 1. The molecule has 2 aromatic carbocycles. The summed E-state index contributed by atoms with van der Waals surface area (Å²) in [5, 5.41) is 4.27. The van der Waals surface area contributed by atoms with Crippen LogP contribution in [0.1, 0.15) is 16.1 Å². The number of rotatable bonds is 6. The molecule has 0 radical (unpaired) electrons. The first kappa shape index (κ1) is 23.7. The summed E-state index contributed by atoms with van der Waals surface area (Å²) < 4.78 is 44.6. The highest BCUT2D eigenvalue weighted by Gasteiger charge is 2.33. The van der Waals surface area contributed by atoms with Crippen molar-refractivity contribution in [2.75, 3.05) is 17.8 Å². The van der Waals surface area contributed by atoms with Gasteiger partial charge in [-0.3, -0.25) is 20.6 Å². The maximum atomic E-state index is 12.9. The highest BCUT2D eigenvalue weighted by Crippen LogP contribution is 2.36. The third-order valence-corrected chi connectivity index (χ3v) is 4.44. The minimum absolute atomic E-state index is 0.0901. The van der Waals surface area contributed by atoms with Gasteiger partial charge in [0.25, 0.3) is 5.91 Å². The van der Waals surface area contributed by atoms with E-state index < -0.39 is 22.8 Å². The summed E-state index contributed by atoms with van der Waals surface area (Å²) in [5.41, 5.74) is 4.38. The molecule has 0 aliphatic rings. The molecular weight excluding hydrogens is 463 g/mol. The molecule has 0 atom stereocenters. The van der Waals surface area contributed by atoms with Crippen LogP contribution in [0.15, 0.2) is 60.8 Å². The summed E-state index contributed by atoms with van der Waals surface area (Å²) in [6.45, 7) is 0. The molecule has 12 heteroatoms. The number of amides is 3. The van der Waals surface area contributed by atoms with E-state index in [0.717, 1.165) is 12.1 Å². The summed E-state index contributed by atoms with van der Waals surface area (Å²) >= 11 is 5.57. The van der Waals surface area contributed by atoms with Crippen LogP contribution in [-0.4, -0.2) is 24.0 Å². The number of aromatic nitrogens is 1. The van der Waals surface area contributed by atoms with Gasteiger partial charge in [-0.1, -0.05) is 17.7 Å². The van der Waals surface area contributed by atoms with Crippen LogP contribution in [0, 0.1) is 0 Å². The summed E-state index contributed by atoms with van der Waals surface area (Å²) in [5.74, 6) is 0.396. The fraction of sp³-hybridized carbons (Fsp3) is 0.0952. The highest BCUT2D eigenvalue weighted by molar-refractivity contribution is 6.31. The van der Waals surface area contributed by atoms with E-state index in [9.17, 15) is 22.8 Å². The van der Waals surface area contributed by atoms with Crippen LogP contribution >= 0.6 is 11.6 Å². The van der Waals surface area contributed by atoms with Crippen LogP contribution in [0.4, 0.5) is 29.3 Å². The number of nitrogens with zero attached hydrogens (tertiary/aromatic N) is 1. The van der Waals surface area contributed by atoms with Gasteiger partial charge in [-0.2, -0.15) is 13.2 Å². The number of hydrogen-bond donors (Lipinski definition) is 4. The van der Waals surface area contributed by atoms with Gasteiger partial charge in [0.2, 0.25) is 0 Å². The zero-order chi connectivity index (χ0) is 24.0. The Kier molecular flexibility index (Phi) is 7.23. The second-order valence-electron chi connectivity index (χ2n) is 6.48. The number of halogens is 4. The van der Waals surface area contributed by atoms with E-state index in [1.807, 2.05) is 0 Å². The molecule has 3 rings (SSSR count). The number of urea groups is 1. The lowest BCUT2D eigenvalue weighted by Gasteiger charge is -2.13. The fourth-order valence-corrected chi connectivity index (χ4v) is 2.84. The normalized spacial score (nSPS) is 10.8. The minimum Gasteiger partial charge on any atom is -0.457 e. The average Bonchev–Trinajstić information content (AvgIpc) is 2.78. The molecule has 1 aromatic heterocycles. The van der Waals surface area contributed by atoms with Crippen LogP contribution in [0.3, 0.4) is 0 Å². The highest BCUT2D eigenvalue weighted by atomic mass is 35.5. The van der Waals surface area contributed by atoms with Gasteiger partial charge in [-0.15, -0.1) is 0 Å². The summed E-state index contributed by atoms with van der Waals surface area (Å²) in [4.78, 5) is 27.7. The lowest BCUT2D eigenvalue weighted by molar-refractivity contribution is -0.137. The Hall–Kier alpha value is -3.99. The predicted octanol–water partition coefficient (Wildman–Crippen LogP) is 5.05. The van der Waals surface area contributed by atoms with Gasteiger partial charge in [-0.05, 0) is 36.4 Å². The molecular formula is C21H17ClF3N5O3. The smallest absolute Gasteiger partial charge is 0.417 e. The van der Waals surface area contributed by atoms with Crippen molar-refractivity contribution in [2.24, 2.45) is 0 Å². The molecule has 0 spiro atoms. The van der Waals surface area contributed by atoms with Crippen LogP contribution in [-0.2, 0) is 6.18 Å². The van der Waals surface area contributed by atoms with Crippen LogP contribution in [0.5, 0.6) is 11.5 Å². The molecule has 0 saturated carbocycles. The molecule has 0 aliphatic heterocycles. The molecule has 0 bridgehead atoms. The largest absolute Gasteiger partial charge is 0.457 e. The minimum atomic E-state index is -4.65. The first-order valence-corrected chi connectivity index (χ1v) is 9.69. The van der Waals surface area contributed by atoms with Crippen molar-refractivity contribution in [3.05, 3.63) is 77.1 Å². The molecule has 1 heterocycles. The number of carbonyl (C=O) groups is 2. The van der Waals surface area contributed by atoms with E-state index >= 15 is 0 Å². The number of ether oxygens (including phenoxy) is 1. The first-order valence-electron chi connectivity index (χ1n) is 9.31. The Labute approximate surface area is 191 Å². The van der Waals surface area contributed by atoms with Gasteiger partial charge in [0.15, 0.2) is 0 Å². The third kappa shape index (κ3) is 6.50. The van der Waals surface area contributed by atoms with Crippen molar-refractivity contribution in [3.8, 4) is 11.5 Å². The van der Waals surface area contributed by atoms with Crippen molar-refractivity contribution in [3.63, 3.8) is 0 Å². The van der Waals surface area contributed by atoms with Gasteiger partial charge in [0, 0.05) is 31.1 Å². The second kappa shape index (κ2) is 10.1. The quantitative estimate of drug-likeness (QED) is 0.370. The maximum absolute atomic E-state index is 12.9. The SMILES string of the molecule is CNC(=O)c1cc(Oc2cccc(NNC(=O)Nc3ccc(Cl)c(C(F)(F)F)c3)c2)ccn1. The molecule has 0 fully saturated rings. The Bertz CT molecular complexity index is 1170. The molecule has 33 heavy (non-hydrogen) atoms. The number of hydrazine groups is 1. The molecule has 3 amide bonds. The monoisotopic (exact) mass is 479 g/mol. The van der Waals surface area contributed by atoms with Gasteiger partial charge in [0.05, 0.1) is 16.3 Å². The van der Waals surface area contributed by atoms with E-state index in [2.05, 4.69) is 26.5 Å². The Balaban J connectivity index is 1.61. The van der Waals surface area contributed by atoms with E-state index in [-0.39, 0.29) is 17.3 Å². The third-order valence-electron chi connectivity index (χ3n) is 4.11. The van der Waals surface area contributed by atoms with Crippen molar-refractivity contribution in [1.82, 2.24) is 15.7 Å². The zero-order valence-electron chi connectivity index (χ0n) is 17.0. The zero-order valence-corrected chi connectivity index (χ0v) is 17.7. The Morgan fingerprint density at radius 3 is 2.48 bits per heavy atom. The van der Waals surface area contributed by atoms with E-state index in [0.29, 0.717) is 17.2 Å². The molecule has 3 aromatic rings. The number of alkyl halides is 3. The topological polar surface area (TPSA) is 104 Å². The maximum Gasteiger partial charge on any atom is 0.417 e. The van der Waals surface area contributed by atoms with E-state index in [1.165, 1.54) is 25.4 Å². The molecule has 0 saturated heterocycles. The van der Waals surface area contributed by atoms with Gasteiger partial charge < -0.3 is 15.4 Å². The summed E-state index contributed by atoms with van der Waals surface area (Å²) in [6, 6.07) is 11.7. The standard InChI is InChI=1S/C21H17ClF3N5O3/c1-26-19(31)18-11-15(7-8-27-18)33-14-4-2-3-13(9-14)29-30-20(32)28-12-5-6-17(22)16(10-12)21(23,24)25/h2-11,29H,1H3,(H,26,31)(H2,28,30,32). The van der Waals surface area contributed by atoms with E-state index in [1.54, 1.807) is 30.3 Å².